The van der Waals surface area contributed by atoms with Crippen LogP contribution in [0.3, 0.4) is 0 Å². The maximum atomic E-state index is 5.73. The largest absolute Gasteiger partial charge is 0.378 e. The fourth-order valence-electron chi connectivity index (χ4n) is 2.40. The second-order valence-corrected chi connectivity index (χ2v) is 5.62. The number of aryl methyl sites for hydroxylation is 2. The number of ether oxygens (including phenoxy) is 1. The Balaban J connectivity index is 2.01. The van der Waals surface area contributed by atoms with Gasteiger partial charge in [-0.3, -0.25) is 4.98 Å². The third-order valence-electron chi connectivity index (χ3n) is 4.06. The molecule has 0 aliphatic heterocycles. The van der Waals surface area contributed by atoms with Crippen molar-refractivity contribution >= 4 is 5.82 Å². The average Bonchev–Trinajstić information content (AvgIpc) is 2.32. The van der Waals surface area contributed by atoms with Gasteiger partial charge >= 0.3 is 0 Å². The predicted molar refractivity (Wildman–Crippen MR) is 72.7 cm³/mol. The molecule has 0 aromatic carbocycles. The second-order valence-electron chi connectivity index (χ2n) is 5.62. The summed E-state index contributed by atoms with van der Waals surface area (Å²) in [4.78, 5) is 8.85. The number of hydrogen-bond donors (Lipinski definition) is 1. The highest BCUT2D eigenvalue weighted by Crippen LogP contribution is 2.44. The molecule has 2 rings (SSSR count). The zero-order valence-corrected chi connectivity index (χ0v) is 11.9. The Kier molecular flexibility index (Phi) is 3.57. The van der Waals surface area contributed by atoms with Gasteiger partial charge in [0.1, 0.15) is 5.82 Å². The van der Waals surface area contributed by atoms with E-state index >= 15 is 0 Å². The lowest BCUT2D eigenvalue weighted by Crippen LogP contribution is -2.58. The monoisotopic (exact) mass is 249 g/mol. The van der Waals surface area contributed by atoms with Crippen LogP contribution in [0.1, 0.15) is 38.6 Å². The molecule has 4 heteroatoms. The van der Waals surface area contributed by atoms with E-state index in [1.54, 1.807) is 0 Å². The van der Waals surface area contributed by atoms with E-state index in [-0.39, 0.29) is 5.41 Å². The molecule has 0 spiro atoms. The summed E-state index contributed by atoms with van der Waals surface area (Å²) in [5, 5.41) is 3.47. The van der Waals surface area contributed by atoms with Crippen LogP contribution in [0.25, 0.3) is 0 Å². The second kappa shape index (κ2) is 4.84. The quantitative estimate of drug-likeness (QED) is 0.891. The Morgan fingerprint density at radius 2 is 2.11 bits per heavy atom. The van der Waals surface area contributed by atoms with Crippen molar-refractivity contribution in [3.05, 3.63) is 17.6 Å². The van der Waals surface area contributed by atoms with Crippen molar-refractivity contribution in [3.63, 3.8) is 0 Å². The molecule has 1 saturated carbocycles. The minimum atomic E-state index is 0.149. The van der Waals surface area contributed by atoms with E-state index in [2.05, 4.69) is 29.1 Å². The molecule has 1 fully saturated rings. The van der Waals surface area contributed by atoms with E-state index in [4.69, 9.17) is 4.74 Å². The molecule has 2 atom stereocenters. The van der Waals surface area contributed by atoms with Crippen LogP contribution in [0.5, 0.6) is 0 Å². The van der Waals surface area contributed by atoms with E-state index in [1.165, 1.54) is 0 Å². The topological polar surface area (TPSA) is 47.0 Å². The lowest BCUT2D eigenvalue weighted by atomic mass is 9.64. The summed E-state index contributed by atoms with van der Waals surface area (Å²) in [6, 6.07) is 0.408. The van der Waals surface area contributed by atoms with E-state index in [0.717, 1.165) is 30.2 Å². The minimum Gasteiger partial charge on any atom is -0.378 e. The maximum Gasteiger partial charge on any atom is 0.145 e. The van der Waals surface area contributed by atoms with Crippen molar-refractivity contribution in [1.29, 1.82) is 0 Å². The predicted octanol–water partition coefficient (Wildman–Crippen LogP) is 2.71. The van der Waals surface area contributed by atoms with Crippen molar-refractivity contribution in [2.24, 2.45) is 5.41 Å². The van der Waals surface area contributed by atoms with Crippen molar-refractivity contribution in [2.45, 2.75) is 53.2 Å². The third kappa shape index (κ3) is 2.34. The van der Waals surface area contributed by atoms with Crippen LogP contribution < -0.4 is 5.32 Å². The fraction of sp³-hybridized carbons (Fsp3) is 0.714. The van der Waals surface area contributed by atoms with Gasteiger partial charge in [0.05, 0.1) is 23.7 Å². The van der Waals surface area contributed by atoms with Crippen molar-refractivity contribution < 1.29 is 4.74 Å². The lowest BCUT2D eigenvalue weighted by molar-refractivity contribution is -0.0976. The van der Waals surface area contributed by atoms with Crippen molar-refractivity contribution in [2.75, 3.05) is 11.9 Å². The van der Waals surface area contributed by atoms with Crippen LogP contribution in [0, 0.1) is 19.3 Å². The Morgan fingerprint density at radius 1 is 1.39 bits per heavy atom. The molecule has 0 amide bonds. The molecule has 1 N–H and O–H groups in total. The SMILES string of the molecule is CCOC1CC(Nc2cnc(C)c(C)n2)C1(C)C. The molecule has 1 aliphatic rings. The molecule has 100 valence electrons. The molecule has 18 heavy (non-hydrogen) atoms. The first-order valence-corrected chi connectivity index (χ1v) is 6.63. The molecule has 1 aliphatic carbocycles. The molecular weight excluding hydrogens is 226 g/mol. The molecule has 2 unspecified atom stereocenters. The summed E-state index contributed by atoms with van der Waals surface area (Å²) in [7, 11) is 0. The molecule has 0 bridgehead atoms. The van der Waals surface area contributed by atoms with Gasteiger partial charge in [-0.15, -0.1) is 0 Å². The van der Waals surface area contributed by atoms with Gasteiger partial charge in [-0.25, -0.2) is 4.98 Å². The average molecular weight is 249 g/mol. The van der Waals surface area contributed by atoms with Crippen LogP contribution in [-0.2, 0) is 4.74 Å². The van der Waals surface area contributed by atoms with Crippen LogP contribution in [0.2, 0.25) is 0 Å². The number of rotatable bonds is 4. The summed E-state index contributed by atoms with van der Waals surface area (Å²) in [6.45, 7) is 11.3. The Bertz CT molecular complexity index is 431. The van der Waals surface area contributed by atoms with Crippen LogP contribution in [0.4, 0.5) is 5.82 Å². The standard InChI is InChI=1S/C14H23N3O/c1-6-18-12-7-11(14(12,4)5)17-13-8-15-9(2)10(3)16-13/h8,11-12H,6-7H2,1-5H3,(H,16,17). The van der Waals surface area contributed by atoms with Crippen molar-refractivity contribution in [3.8, 4) is 0 Å². The highest BCUT2D eigenvalue weighted by Gasteiger charge is 2.49. The Hall–Kier alpha value is -1.16. The summed E-state index contributed by atoms with van der Waals surface area (Å²) in [6.07, 6.45) is 3.20. The molecule has 0 saturated heterocycles. The number of hydrogen-bond acceptors (Lipinski definition) is 4. The highest BCUT2D eigenvalue weighted by molar-refractivity contribution is 5.37. The van der Waals surface area contributed by atoms with Crippen molar-refractivity contribution in [1.82, 2.24) is 9.97 Å². The number of anilines is 1. The molecule has 4 nitrogen and oxygen atoms in total. The lowest BCUT2D eigenvalue weighted by Gasteiger charge is -2.51. The summed E-state index contributed by atoms with van der Waals surface area (Å²) in [5.41, 5.74) is 2.12. The van der Waals surface area contributed by atoms with E-state index < -0.39 is 0 Å². The van der Waals surface area contributed by atoms with E-state index in [0.29, 0.717) is 12.1 Å². The van der Waals surface area contributed by atoms with E-state index in [9.17, 15) is 0 Å². The van der Waals surface area contributed by atoms with Gasteiger partial charge in [-0.2, -0.15) is 0 Å². The van der Waals surface area contributed by atoms with Crippen LogP contribution >= 0.6 is 0 Å². The van der Waals surface area contributed by atoms with Gasteiger partial charge in [0.15, 0.2) is 0 Å². The summed E-state index contributed by atoms with van der Waals surface area (Å²) < 4.78 is 5.73. The zero-order valence-electron chi connectivity index (χ0n) is 11.9. The summed E-state index contributed by atoms with van der Waals surface area (Å²) in [5.74, 6) is 0.867. The smallest absolute Gasteiger partial charge is 0.145 e. The normalized spacial score (nSPS) is 25.6. The minimum absolute atomic E-state index is 0.149. The van der Waals surface area contributed by atoms with Gasteiger partial charge in [-0.05, 0) is 27.2 Å². The Labute approximate surface area is 109 Å². The number of aromatic nitrogens is 2. The first kappa shape index (κ1) is 13.3. The fourth-order valence-corrected chi connectivity index (χ4v) is 2.40. The van der Waals surface area contributed by atoms with Gasteiger partial charge < -0.3 is 10.1 Å². The Morgan fingerprint density at radius 3 is 2.67 bits per heavy atom. The van der Waals surface area contributed by atoms with Gasteiger partial charge in [0, 0.05) is 18.1 Å². The molecule has 1 aromatic heterocycles. The first-order valence-electron chi connectivity index (χ1n) is 6.63. The first-order chi connectivity index (χ1) is 8.45. The summed E-state index contributed by atoms with van der Waals surface area (Å²) >= 11 is 0. The molecule has 0 radical (unpaired) electrons. The molecule has 1 heterocycles. The van der Waals surface area contributed by atoms with E-state index in [1.807, 2.05) is 27.0 Å². The van der Waals surface area contributed by atoms with Gasteiger partial charge in [0.2, 0.25) is 0 Å². The van der Waals surface area contributed by atoms with Crippen LogP contribution in [-0.4, -0.2) is 28.7 Å². The number of nitrogens with one attached hydrogen (secondary N) is 1. The zero-order chi connectivity index (χ0) is 13.3. The van der Waals surface area contributed by atoms with Gasteiger partial charge in [-0.1, -0.05) is 13.8 Å². The van der Waals surface area contributed by atoms with Crippen LogP contribution in [0.15, 0.2) is 6.20 Å². The highest BCUT2D eigenvalue weighted by atomic mass is 16.5. The molecule has 1 aromatic rings. The maximum absolute atomic E-state index is 5.73. The number of nitrogens with zero attached hydrogens (tertiary/aromatic N) is 2. The molecular formula is C14H23N3O. The van der Waals surface area contributed by atoms with Gasteiger partial charge in [0.25, 0.3) is 0 Å². The third-order valence-corrected chi connectivity index (χ3v) is 4.06.